The van der Waals surface area contributed by atoms with Gasteiger partial charge in [0, 0.05) is 31.1 Å². The third-order valence-electron chi connectivity index (χ3n) is 2.86. The van der Waals surface area contributed by atoms with Crippen molar-refractivity contribution in [3.63, 3.8) is 0 Å². The number of nitrogens with one attached hydrogen (secondary N) is 1. The number of anilines is 1. The number of rotatable bonds is 5. The SMILES string of the molecule is O=C(CCN1CCOCC1CO)Nc1nccs1. The van der Waals surface area contributed by atoms with Gasteiger partial charge in [-0.25, -0.2) is 4.98 Å². The molecule has 0 spiro atoms. The first-order chi connectivity index (χ1) is 8.79. The van der Waals surface area contributed by atoms with E-state index in [0.717, 1.165) is 6.54 Å². The minimum atomic E-state index is -0.0480. The van der Waals surface area contributed by atoms with Crippen LogP contribution in [-0.2, 0) is 9.53 Å². The Kier molecular flexibility index (Phi) is 5.06. The van der Waals surface area contributed by atoms with Crippen molar-refractivity contribution in [2.45, 2.75) is 12.5 Å². The monoisotopic (exact) mass is 271 g/mol. The normalized spacial score (nSPS) is 20.8. The molecular weight excluding hydrogens is 254 g/mol. The number of morpholine rings is 1. The van der Waals surface area contributed by atoms with E-state index in [4.69, 9.17) is 4.74 Å². The standard InChI is InChI=1S/C11H17N3O3S/c15-7-9-8-17-5-4-14(9)3-1-10(16)13-11-12-2-6-18-11/h2,6,9,15H,1,3-5,7-8H2,(H,12,13,16). The molecule has 1 atom stereocenters. The number of aliphatic hydroxyl groups is 1. The summed E-state index contributed by atoms with van der Waals surface area (Å²) in [6.07, 6.45) is 2.06. The second kappa shape index (κ2) is 6.79. The van der Waals surface area contributed by atoms with Gasteiger partial charge in [0.1, 0.15) is 0 Å². The second-order valence-electron chi connectivity index (χ2n) is 4.08. The van der Waals surface area contributed by atoms with Crippen LogP contribution in [0.15, 0.2) is 11.6 Å². The van der Waals surface area contributed by atoms with E-state index in [1.54, 1.807) is 6.20 Å². The predicted molar refractivity (Wildman–Crippen MR) is 68.6 cm³/mol. The van der Waals surface area contributed by atoms with Crippen molar-refractivity contribution < 1.29 is 14.6 Å². The van der Waals surface area contributed by atoms with Gasteiger partial charge < -0.3 is 15.2 Å². The summed E-state index contributed by atoms with van der Waals surface area (Å²) in [6.45, 7) is 2.64. The minimum Gasteiger partial charge on any atom is -0.395 e. The molecule has 1 aromatic rings. The number of aromatic nitrogens is 1. The lowest BCUT2D eigenvalue weighted by molar-refractivity contribution is -0.117. The molecule has 0 aromatic carbocycles. The molecule has 7 heteroatoms. The van der Waals surface area contributed by atoms with E-state index >= 15 is 0 Å². The van der Waals surface area contributed by atoms with Crippen LogP contribution in [0.5, 0.6) is 0 Å². The first-order valence-electron chi connectivity index (χ1n) is 5.91. The molecule has 1 amide bonds. The van der Waals surface area contributed by atoms with Gasteiger partial charge >= 0.3 is 0 Å². The Morgan fingerprint density at radius 2 is 2.61 bits per heavy atom. The molecule has 2 rings (SSSR count). The largest absolute Gasteiger partial charge is 0.395 e. The molecule has 18 heavy (non-hydrogen) atoms. The fraction of sp³-hybridized carbons (Fsp3) is 0.636. The third-order valence-corrected chi connectivity index (χ3v) is 3.55. The maximum Gasteiger partial charge on any atom is 0.227 e. The highest BCUT2D eigenvalue weighted by atomic mass is 32.1. The molecule has 100 valence electrons. The number of aliphatic hydroxyl groups excluding tert-OH is 1. The average Bonchev–Trinajstić information content (AvgIpc) is 2.89. The molecule has 0 radical (unpaired) electrons. The van der Waals surface area contributed by atoms with Gasteiger partial charge in [-0.15, -0.1) is 11.3 Å². The van der Waals surface area contributed by atoms with Crippen molar-refractivity contribution >= 4 is 22.4 Å². The van der Waals surface area contributed by atoms with Crippen LogP contribution in [0.4, 0.5) is 5.13 Å². The van der Waals surface area contributed by atoms with Crippen molar-refractivity contribution in [3.8, 4) is 0 Å². The molecule has 0 aliphatic carbocycles. The van der Waals surface area contributed by atoms with E-state index in [1.165, 1.54) is 11.3 Å². The summed E-state index contributed by atoms with van der Waals surface area (Å²) < 4.78 is 5.28. The number of hydrogen-bond acceptors (Lipinski definition) is 6. The summed E-state index contributed by atoms with van der Waals surface area (Å²) in [5, 5.41) is 14.4. The molecule has 2 N–H and O–H groups in total. The molecule has 1 saturated heterocycles. The minimum absolute atomic E-state index is 0.00594. The number of nitrogens with zero attached hydrogens (tertiary/aromatic N) is 2. The zero-order chi connectivity index (χ0) is 12.8. The van der Waals surface area contributed by atoms with Crippen molar-refractivity contribution in [2.24, 2.45) is 0 Å². The predicted octanol–water partition coefficient (Wildman–Crippen LogP) is 0.165. The maximum absolute atomic E-state index is 11.7. The second-order valence-corrected chi connectivity index (χ2v) is 4.98. The molecule has 0 bridgehead atoms. The van der Waals surface area contributed by atoms with Crippen LogP contribution in [0, 0.1) is 0 Å². The topological polar surface area (TPSA) is 74.7 Å². The van der Waals surface area contributed by atoms with E-state index in [2.05, 4.69) is 15.2 Å². The summed E-state index contributed by atoms with van der Waals surface area (Å²) in [7, 11) is 0. The number of thiazole rings is 1. The highest BCUT2D eigenvalue weighted by Gasteiger charge is 2.22. The van der Waals surface area contributed by atoms with Gasteiger partial charge in [-0.2, -0.15) is 0 Å². The van der Waals surface area contributed by atoms with Gasteiger partial charge in [-0.1, -0.05) is 0 Å². The molecule has 2 heterocycles. The quantitative estimate of drug-likeness (QED) is 0.798. The van der Waals surface area contributed by atoms with E-state index in [9.17, 15) is 9.90 Å². The molecule has 6 nitrogen and oxygen atoms in total. The summed E-state index contributed by atoms with van der Waals surface area (Å²) in [6, 6.07) is 0.00594. The van der Waals surface area contributed by atoms with Crippen LogP contribution in [0.25, 0.3) is 0 Å². The lowest BCUT2D eigenvalue weighted by Crippen LogP contribution is -2.48. The Bertz CT molecular complexity index is 372. The average molecular weight is 271 g/mol. The number of ether oxygens (including phenoxy) is 1. The summed E-state index contributed by atoms with van der Waals surface area (Å²) in [5.41, 5.74) is 0. The van der Waals surface area contributed by atoms with Crippen LogP contribution in [0.3, 0.4) is 0 Å². The van der Waals surface area contributed by atoms with Gasteiger partial charge in [0.05, 0.1) is 25.9 Å². The van der Waals surface area contributed by atoms with E-state index in [0.29, 0.717) is 31.3 Å². The van der Waals surface area contributed by atoms with Gasteiger partial charge in [0.2, 0.25) is 5.91 Å². The van der Waals surface area contributed by atoms with Crippen LogP contribution >= 0.6 is 11.3 Å². The zero-order valence-electron chi connectivity index (χ0n) is 10.0. The molecule has 1 unspecified atom stereocenters. The van der Waals surface area contributed by atoms with E-state index in [1.807, 2.05) is 5.38 Å². The van der Waals surface area contributed by atoms with Crippen LogP contribution < -0.4 is 5.32 Å². The Hall–Kier alpha value is -1.02. The molecule has 1 aliphatic rings. The van der Waals surface area contributed by atoms with Crippen molar-refractivity contribution in [1.29, 1.82) is 0 Å². The Balaban J connectivity index is 1.74. The fourth-order valence-corrected chi connectivity index (χ4v) is 2.41. The summed E-state index contributed by atoms with van der Waals surface area (Å²) in [4.78, 5) is 17.8. The highest BCUT2D eigenvalue weighted by Crippen LogP contribution is 2.11. The maximum atomic E-state index is 11.7. The Labute approximate surface area is 110 Å². The number of carbonyl (C=O) groups is 1. The van der Waals surface area contributed by atoms with Gasteiger partial charge in [0.15, 0.2) is 5.13 Å². The Morgan fingerprint density at radius 1 is 1.72 bits per heavy atom. The van der Waals surface area contributed by atoms with Crippen LogP contribution in [0.2, 0.25) is 0 Å². The number of hydrogen-bond donors (Lipinski definition) is 2. The van der Waals surface area contributed by atoms with E-state index in [-0.39, 0.29) is 18.6 Å². The van der Waals surface area contributed by atoms with Crippen LogP contribution in [0.1, 0.15) is 6.42 Å². The number of amides is 1. The number of carbonyl (C=O) groups excluding carboxylic acids is 1. The molecular formula is C11H17N3O3S. The van der Waals surface area contributed by atoms with Crippen LogP contribution in [-0.4, -0.2) is 59.8 Å². The smallest absolute Gasteiger partial charge is 0.227 e. The molecule has 1 fully saturated rings. The lowest BCUT2D eigenvalue weighted by atomic mass is 10.2. The van der Waals surface area contributed by atoms with Crippen molar-refractivity contribution in [2.75, 3.05) is 38.2 Å². The zero-order valence-corrected chi connectivity index (χ0v) is 10.9. The van der Waals surface area contributed by atoms with Gasteiger partial charge in [-0.05, 0) is 0 Å². The van der Waals surface area contributed by atoms with Crippen molar-refractivity contribution in [1.82, 2.24) is 9.88 Å². The summed E-state index contributed by atoms with van der Waals surface area (Å²) >= 11 is 1.40. The highest BCUT2D eigenvalue weighted by molar-refractivity contribution is 7.13. The molecule has 1 aliphatic heterocycles. The van der Waals surface area contributed by atoms with E-state index < -0.39 is 0 Å². The fourth-order valence-electron chi connectivity index (χ4n) is 1.86. The first-order valence-corrected chi connectivity index (χ1v) is 6.79. The van der Waals surface area contributed by atoms with Crippen molar-refractivity contribution in [3.05, 3.63) is 11.6 Å². The van der Waals surface area contributed by atoms with Gasteiger partial charge in [-0.3, -0.25) is 9.69 Å². The molecule has 0 saturated carbocycles. The summed E-state index contributed by atoms with van der Waals surface area (Å²) in [5.74, 6) is -0.0480. The first kappa shape index (κ1) is 13.4. The Morgan fingerprint density at radius 3 is 3.33 bits per heavy atom. The third kappa shape index (κ3) is 3.74. The van der Waals surface area contributed by atoms with Gasteiger partial charge in [0.25, 0.3) is 0 Å². The lowest BCUT2D eigenvalue weighted by Gasteiger charge is -2.34. The molecule has 1 aromatic heterocycles.